The van der Waals surface area contributed by atoms with E-state index in [1.165, 1.54) is 12.1 Å². The number of benzene rings is 4. The molecule has 0 fully saturated rings. The molecule has 0 aliphatic rings. The summed E-state index contributed by atoms with van der Waals surface area (Å²) >= 11 is 0. The molecule has 4 aromatic rings. The summed E-state index contributed by atoms with van der Waals surface area (Å²) in [5, 5.41) is 26.5. The van der Waals surface area contributed by atoms with Gasteiger partial charge in [-0.2, -0.15) is 0 Å². The fourth-order valence-corrected chi connectivity index (χ4v) is 3.42. The van der Waals surface area contributed by atoms with Gasteiger partial charge in [0.15, 0.2) is 0 Å². The van der Waals surface area contributed by atoms with Crippen LogP contribution in [0.3, 0.4) is 0 Å². The van der Waals surface area contributed by atoms with Crippen molar-refractivity contribution in [3.63, 3.8) is 0 Å². The second kappa shape index (κ2) is 6.01. The second-order valence-corrected chi connectivity index (χ2v) is 5.99. The third-order valence-corrected chi connectivity index (χ3v) is 4.55. The Morgan fingerprint density at radius 3 is 1.31 bits per heavy atom. The van der Waals surface area contributed by atoms with E-state index >= 15 is 0 Å². The van der Waals surface area contributed by atoms with Crippen LogP contribution >= 0.6 is 0 Å². The topological polar surface area (TPSA) is 80.3 Å². The smallest absolute Gasteiger partial charge is 0.0721 e. The van der Waals surface area contributed by atoms with E-state index in [1.54, 1.807) is 36.4 Å². The molecule has 0 aromatic heterocycles. The highest BCUT2D eigenvalue weighted by molar-refractivity contribution is 6.16. The number of rotatable bonds is 3. The highest BCUT2D eigenvalue weighted by atomic mass is 16.4. The molecule has 26 heavy (non-hydrogen) atoms. The van der Waals surface area contributed by atoms with Crippen molar-refractivity contribution in [2.24, 2.45) is 0 Å². The van der Waals surface area contributed by atoms with Gasteiger partial charge in [-0.05, 0) is 32.7 Å². The molecule has 0 atom stereocenters. The monoisotopic (exact) mass is 340 g/mol. The number of hydrogen-bond donors (Lipinski definition) is 0. The molecule has 0 saturated heterocycles. The molecule has 0 heterocycles. The van der Waals surface area contributed by atoms with Crippen LogP contribution in [0.25, 0.3) is 32.7 Å². The number of hydrogen-bond acceptors (Lipinski definition) is 4. The maximum absolute atomic E-state index is 11.8. The Hall–Kier alpha value is -3.66. The van der Waals surface area contributed by atoms with E-state index in [1.807, 2.05) is 24.3 Å². The van der Waals surface area contributed by atoms with E-state index in [2.05, 4.69) is 0 Å². The first kappa shape index (κ1) is 15.8. The molecule has 4 nitrogen and oxygen atoms in total. The standard InChI is InChI=1S/C22H14O4/c23-21(24)17-11-9-13-5-1-3-7-15(13)19(17)20-16-8-4-2-6-14(16)10-12-18(20)22(25)26/h1-12H,(H,23,24)(H,25,26)/p-2. The third-order valence-electron chi connectivity index (χ3n) is 4.55. The van der Waals surface area contributed by atoms with Crippen LogP contribution in [-0.4, -0.2) is 11.9 Å². The maximum Gasteiger partial charge on any atom is 0.0721 e. The number of aromatic carboxylic acids is 2. The lowest BCUT2D eigenvalue weighted by Crippen LogP contribution is -2.25. The number of carboxylic acid groups (broad SMARTS) is 2. The summed E-state index contributed by atoms with van der Waals surface area (Å²) in [6.07, 6.45) is 0. The van der Waals surface area contributed by atoms with Crippen LogP contribution in [0, 0.1) is 0 Å². The molecule has 0 unspecified atom stereocenters. The van der Waals surface area contributed by atoms with Crippen LogP contribution in [-0.2, 0) is 0 Å². The second-order valence-electron chi connectivity index (χ2n) is 5.99. The van der Waals surface area contributed by atoms with Crippen molar-refractivity contribution < 1.29 is 19.8 Å². The van der Waals surface area contributed by atoms with Crippen molar-refractivity contribution in [2.75, 3.05) is 0 Å². The molecule has 0 aliphatic heterocycles. The molecule has 126 valence electrons. The van der Waals surface area contributed by atoms with Crippen molar-refractivity contribution in [1.82, 2.24) is 0 Å². The first-order valence-corrected chi connectivity index (χ1v) is 8.04. The van der Waals surface area contributed by atoms with Crippen molar-refractivity contribution in [3.05, 3.63) is 83.9 Å². The van der Waals surface area contributed by atoms with Gasteiger partial charge in [-0.15, -0.1) is 0 Å². The minimum Gasteiger partial charge on any atom is -0.545 e. The molecule has 0 bridgehead atoms. The molecule has 0 N–H and O–H groups in total. The predicted molar refractivity (Wildman–Crippen MR) is 95.6 cm³/mol. The molecule has 0 amide bonds. The van der Waals surface area contributed by atoms with Gasteiger partial charge in [0, 0.05) is 11.1 Å². The molecule has 0 saturated carbocycles. The number of carboxylic acids is 2. The summed E-state index contributed by atoms with van der Waals surface area (Å²) in [7, 11) is 0. The van der Waals surface area contributed by atoms with E-state index < -0.39 is 11.9 Å². The van der Waals surface area contributed by atoms with Crippen molar-refractivity contribution in [1.29, 1.82) is 0 Å². The van der Waals surface area contributed by atoms with Gasteiger partial charge in [0.05, 0.1) is 11.9 Å². The van der Waals surface area contributed by atoms with E-state index in [4.69, 9.17) is 0 Å². The minimum atomic E-state index is -1.36. The Kier molecular flexibility index (Phi) is 3.66. The summed E-state index contributed by atoms with van der Waals surface area (Å²) in [6.45, 7) is 0. The lowest BCUT2D eigenvalue weighted by atomic mass is 9.87. The van der Waals surface area contributed by atoms with Gasteiger partial charge in [-0.3, -0.25) is 0 Å². The Morgan fingerprint density at radius 2 is 0.923 bits per heavy atom. The van der Waals surface area contributed by atoms with Gasteiger partial charge >= 0.3 is 0 Å². The molecule has 4 heteroatoms. The van der Waals surface area contributed by atoms with E-state index in [-0.39, 0.29) is 11.1 Å². The summed E-state index contributed by atoms with van der Waals surface area (Å²) in [4.78, 5) is 23.6. The summed E-state index contributed by atoms with van der Waals surface area (Å²) in [5.41, 5.74) is 0.559. The molecule has 0 radical (unpaired) electrons. The zero-order valence-corrected chi connectivity index (χ0v) is 13.6. The SMILES string of the molecule is O=C([O-])c1ccc2ccccc2c1-c1c(C(=O)[O-])ccc2ccccc12. The highest BCUT2D eigenvalue weighted by Crippen LogP contribution is 2.38. The van der Waals surface area contributed by atoms with Gasteiger partial charge < -0.3 is 19.8 Å². The van der Waals surface area contributed by atoms with Gasteiger partial charge in [0.25, 0.3) is 0 Å². The first-order chi connectivity index (χ1) is 12.6. The fourth-order valence-electron chi connectivity index (χ4n) is 3.42. The van der Waals surface area contributed by atoms with Gasteiger partial charge in [-0.1, -0.05) is 72.8 Å². The molecular formula is C22H12O4-2. The Bertz CT molecular complexity index is 1100. The molecule has 0 aliphatic carbocycles. The largest absolute Gasteiger partial charge is 0.545 e. The lowest BCUT2D eigenvalue weighted by Gasteiger charge is -2.20. The normalized spacial score (nSPS) is 10.9. The molecule has 4 rings (SSSR count). The molecule has 4 aromatic carbocycles. The summed E-state index contributed by atoms with van der Waals surface area (Å²) in [5.74, 6) is -2.72. The Balaban J connectivity index is 2.27. The van der Waals surface area contributed by atoms with E-state index in [9.17, 15) is 19.8 Å². The quantitative estimate of drug-likeness (QED) is 0.573. The first-order valence-electron chi connectivity index (χ1n) is 8.04. The lowest BCUT2D eigenvalue weighted by molar-refractivity contribution is -0.256. The van der Waals surface area contributed by atoms with Gasteiger partial charge in [0.2, 0.25) is 0 Å². The van der Waals surface area contributed by atoms with Crippen LogP contribution in [0.2, 0.25) is 0 Å². The van der Waals surface area contributed by atoms with Crippen LogP contribution in [0.5, 0.6) is 0 Å². The average Bonchev–Trinajstić information content (AvgIpc) is 2.66. The van der Waals surface area contributed by atoms with Crippen molar-refractivity contribution in [2.45, 2.75) is 0 Å². The average molecular weight is 340 g/mol. The van der Waals surface area contributed by atoms with Crippen LogP contribution in [0.15, 0.2) is 72.8 Å². The van der Waals surface area contributed by atoms with Gasteiger partial charge in [0.1, 0.15) is 0 Å². The van der Waals surface area contributed by atoms with Gasteiger partial charge in [-0.25, -0.2) is 0 Å². The zero-order valence-electron chi connectivity index (χ0n) is 13.6. The van der Waals surface area contributed by atoms with Crippen LogP contribution in [0.1, 0.15) is 20.7 Å². The number of carbonyl (C=O) groups excluding carboxylic acids is 2. The molecule has 0 spiro atoms. The fraction of sp³-hybridized carbons (Fsp3) is 0. The van der Waals surface area contributed by atoms with E-state index in [0.717, 1.165) is 10.8 Å². The summed E-state index contributed by atoms with van der Waals surface area (Å²) < 4.78 is 0. The van der Waals surface area contributed by atoms with Crippen molar-refractivity contribution in [3.8, 4) is 11.1 Å². The number of carbonyl (C=O) groups is 2. The van der Waals surface area contributed by atoms with Crippen LogP contribution in [0.4, 0.5) is 0 Å². The highest BCUT2D eigenvalue weighted by Gasteiger charge is 2.17. The Labute approximate surface area is 148 Å². The number of fused-ring (bicyclic) bond motifs is 2. The van der Waals surface area contributed by atoms with Crippen molar-refractivity contribution >= 4 is 33.5 Å². The van der Waals surface area contributed by atoms with Crippen LogP contribution < -0.4 is 10.2 Å². The predicted octanol–water partition coefficient (Wildman–Crippen LogP) is 2.39. The zero-order chi connectivity index (χ0) is 18.3. The Morgan fingerprint density at radius 1 is 0.538 bits per heavy atom. The maximum atomic E-state index is 11.8. The summed E-state index contributed by atoms with van der Waals surface area (Å²) in [6, 6.07) is 20.8. The minimum absolute atomic E-state index is 0.0532. The van der Waals surface area contributed by atoms with E-state index in [0.29, 0.717) is 21.9 Å². The third kappa shape index (κ3) is 2.40. The molecular weight excluding hydrogens is 328 g/mol.